The first kappa shape index (κ1) is 17.5. The van der Waals surface area contributed by atoms with E-state index in [0.717, 1.165) is 32.4 Å². The Labute approximate surface area is 147 Å². The second-order valence-electron chi connectivity index (χ2n) is 7.74. The second kappa shape index (κ2) is 7.69. The predicted molar refractivity (Wildman–Crippen MR) is 98.9 cm³/mol. The lowest BCUT2D eigenvalue weighted by Crippen LogP contribution is -2.46. The quantitative estimate of drug-likeness (QED) is 0.811. The highest BCUT2D eigenvalue weighted by Crippen LogP contribution is 2.40. The Bertz CT molecular complexity index is 553. The molecule has 1 spiro atoms. The zero-order chi connectivity index (χ0) is 17.0. The molecule has 24 heavy (non-hydrogen) atoms. The van der Waals surface area contributed by atoms with Gasteiger partial charge in [0.2, 0.25) is 5.91 Å². The molecule has 2 aliphatic heterocycles. The van der Waals surface area contributed by atoms with Crippen LogP contribution in [-0.4, -0.2) is 40.9 Å². The first-order valence-corrected chi connectivity index (χ1v) is 9.71. The van der Waals surface area contributed by atoms with E-state index in [4.69, 9.17) is 0 Å². The van der Waals surface area contributed by atoms with Crippen LogP contribution in [0.5, 0.6) is 0 Å². The summed E-state index contributed by atoms with van der Waals surface area (Å²) in [7, 11) is 0. The molecule has 0 N–H and O–H groups in total. The Morgan fingerprint density at radius 1 is 1.08 bits per heavy atom. The highest BCUT2D eigenvalue weighted by molar-refractivity contribution is 5.79. The molecule has 0 unspecified atom stereocenters. The molecular weight excluding hydrogens is 296 g/mol. The number of hydrogen-bond donors (Lipinski definition) is 0. The van der Waals surface area contributed by atoms with Gasteiger partial charge in [-0.05, 0) is 57.7 Å². The van der Waals surface area contributed by atoms with Gasteiger partial charge in [-0.3, -0.25) is 4.79 Å². The lowest BCUT2D eigenvalue weighted by Gasteiger charge is -2.38. The Balaban J connectivity index is 1.70. The number of amides is 1. The van der Waals surface area contributed by atoms with Crippen LogP contribution in [0.1, 0.15) is 63.0 Å². The average Bonchev–Trinajstić information content (AvgIpc) is 2.76. The molecule has 3 rings (SSSR count). The van der Waals surface area contributed by atoms with Gasteiger partial charge in [-0.15, -0.1) is 0 Å². The molecule has 2 aliphatic rings. The van der Waals surface area contributed by atoms with Crippen LogP contribution in [0.3, 0.4) is 0 Å². The van der Waals surface area contributed by atoms with Crippen molar-refractivity contribution in [1.29, 1.82) is 0 Å². The average molecular weight is 329 g/mol. The van der Waals surface area contributed by atoms with Gasteiger partial charge in [0, 0.05) is 25.0 Å². The third-order valence-electron chi connectivity index (χ3n) is 5.98. The molecule has 1 aromatic rings. The first-order valence-electron chi connectivity index (χ1n) is 9.71. The fourth-order valence-electron chi connectivity index (χ4n) is 4.37. The lowest BCUT2D eigenvalue weighted by molar-refractivity contribution is -0.132. The number of rotatable bonds is 5. The number of carbonyl (C=O) groups is 1. The fraction of sp³-hybridized carbons (Fsp3) is 0.667. The maximum Gasteiger partial charge on any atom is 0.223 e. The molecule has 0 saturated carbocycles. The highest BCUT2D eigenvalue weighted by Gasteiger charge is 2.45. The third kappa shape index (κ3) is 3.83. The molecule has 3 heteroatoms. The van der Waals surface area contributed by atoms with Crippen molar-refractivity contribution in [2.75, 3.05) is 19.6 Å². The summed E-state index contributed by atoms with van der Waals surface area (Å²) in [5.74, 6) is 0.359. The molecule has 2 heterocycles. The number of benzene rings is 1. The van der Waals surface area contributed by atoms with Crippen LogP contribution in [0.15, 0.2) is 24.3 Å². The number of likely N-dealkylation sites (tertiary alicyclic amines) is 2. The standard InChI is InChI=1S/C21H32N2O/c1-3-4-14-22-15-5-11-21(13-16-22)12-10-20(24)23(21)17-19-8-6-18(2)7-9-19/h6-9H,3-5,10-17H2,1-2H3/t21-/m0/s1. The van der Waals surface area contributed by atoms with Crippen molar-refractivity contribution in [3.05, 3.63) is 35.4 Å². The van der Waals surface area contributed by atoms with E-state index in [1.54, 1.807) is 0 Å². The third-order valence-corrected chi connectivity index (χ3v) is 5.98. The van der Waals surface area contributed by atoms with Gasteiger partial charge >= 0.3 is 0 Å². The SMILES string of the molecule is CCCCN1CCC[C@]2(CCC(=O)N2Cc2ccc(C)cc2)CC1. The van der Waals surface area contributed by atoms with Gasteiger partial charge in [-0.25, -0.2) is 0 Å². The number of aryl methyl sites for hydroxylation is 1. The Hall–Kier alpha value is -1.35. The van der Waals surface area contributed by atoms with Gasteiger partial charge in [0.15, 0.2) is 0 Å². The second-order valence-corrected chi connectivity index (χ2v) is 7.74. The van der Waals surface area contributed by atoms with Crippen LogP contribution in [0.2, 0.25) is 0 Å². The minimum Gasteiger partial charge on any atom is -0.333 e. The Morgan fingerprint density at radius 2 is 1.88 bits per heavy atom. The molecule has 2 fully saturated rings. The summed E-state index contributed by atoms with van der Waals surface area (Å²) in [5.41, 5.74) is 2.66. The van der Waals surface area contributed by atoms with E-state index in [1.165, 1.54) is 49.9 Å². The summed E-state index contributed by atoms with van der Waals surface area (Å²) in [6.45, 7) is 8.74. The largest absolute Gasteiger partial charge is 0.333 e. The summed E-state index contributed by atoms with van der Waals surface area (Å²) in [6, 6.07) is 8.67. The van der Waals surface area contributed by atoms with Crippen molar-refractivity contribution in [1.82, 2.24) is 9.80 Å². The van der Waals surface area contributed by atoms with Crippen molar-refractivity contribution in [3.63, 3.8) is 0 Å². The van der Waals surface area contributed by atoms with Gasteiger partial charge in [0.05, 0.1) is 0 Å². The van der Waals surface area contributed by atoms with Crippen molar-refractivity contribution < 1.29 is 4.79 Å². The lowest BCUT2D eigenvalue weighted by atomic mass is 9.87. The van der Waals surface area contributed by atoms with Crippen LogP contribution in [0.4, 0.5) is 0 Å². The molecule has 0 aliphatic carbocycles. The van der Waals surface area contributed by atoms with Crippen molar-refractivity contribution >= 4 is 5.91 Å². The zero-order valence-corrected chi connectivity index (χ0v) is 15.4. The van der Waals surface area contributed by atoms with E-state index in [-0.39, 0.29) is 5.54 Å². The minimum atomic E-state index is 0.114. The predicted octanol–water partition coefficient (Wildman–Crippen LogP) is 4.14. The van der Waals surface area contributed by atoms with Gasteiger partial charge in [-0.2, -0.15) is 0 Å². The monoisotopic (exact) mass is 328 g/mol. The van der Waals surface area contributed by atoms with E-state index in [2.05, 4.69) is 47.9 Å². The maximum atomic E-state index is 12.6. The van der Waals surface area contributed by atoms with Gasteiger partial charge in [-0.1, -0.05) is 43.2 Å². The molecule has 132 valence electrons. The van der Waals surface area contributed by atoms with Gasteiger partial charge in [0.1, 0.15) is 0 Å². The van der Waals surface area contributed by atoms with Crippen LogP contribution in [0.25, 0.3) is 0 Å². The topological polar surface area (TPSA) is 23.6 Å². The molecule has 0 aromatic heterocycles. The number of nitrogens with zero attached hydrogens (tertiary/aromatic N) is 2. The van der Waals surface area contributed by atoms with Crippen LogP contribution in [-0.2, 0) is 11.3 Å². The fourth-order valence-corrected chi connectivity index (χ4v) is 4.37. The summed E-state index contributed by atoms with van der Waals surface area (Å²) in [4.78, 5) is 17.4. The highest BCUT2D eigenvalue weighted by atomic mass is 16.2. The van der Waals surface area contributed by atoms with Crippen molar-refractivity contribution in [2.45, 2.75) is 70.9 Å². The van der Waals surface area contributed by atoms with Crippen LogP contribution >= 0.6 is 0 Å². The smallest absolute Gasteiger partial charge is 0.223 e. The van der Waals surface area contributed by atoms with E-state index in [9.17, 15) is 4.79 Å². The Kier molecular flexibility index (Phi) is 5.60. The zero-order valence-electron chi connectivity index (χ0n) is 15.4. The molecule has 0 radical (unpaired) electrons. The maximum absolute atomic E-state index is 12.6. The molecule has 0 bridgehead atoms. The molecule has 1 amide bonds. The molecule has 1 atom stereocenters. The van der Waals surface area contributed by atoms with E-state index in [0.29, 0.717) is 5.91 Å². The molecule has 1 aromatic carbocycles. The van der Waals surface area contributed by atoms with E-state index < -0.39 is 0 Å². The first-order chi connectivity index (χ1) is 11.6. The van der Waals surface area contributed by atoms with E-state index >= 15 is 0 Å². The Morgan fingerprint density at radius 3 is 2.62 bits per heavy atom. The van der Waals surface area contributed by atoms with Crippen molar-refractivity contribution in [2.24, 2.45) is 0 Å². The normalized spacial score (nSPS) is 25.4. The van der Waals surface area contributed by atoms with E-state index in [1.807, 2.05) is 0 Å². The van der Waals surface area contributed by atoms with Crippen molar-refractivity contribution in [3.8, 4) is 0 Å². The number of unbranched alkanes of at least 4 members (excludes halogenated alkanes) is 1. The molecule has 2 saturated heterocycles. The summed E-state index contributed by atoms with van der Waals surface area (Å²) in [5, 5.41) is 0. The summed E-state index contributed by atoms with van der Waals surface area (Å²) in [6.07, 6.45) is 7.89. The molecular formula is C21H32N2O. The van der Waals surface area contributed by atoms with Crippen LogP contribution in [0, 0.1) is 6.92 Å². The minimum absolute atomic E-state index is 0.114. The number of hydrogen-bond acceptors (Lipinski definition) is 2. The number of carbonyl (C=O) groups excluding carboxylic acids is 1. The van der Waals surface area contributed by atoms with Gasteiger partial charge in [0.25, 0.3) is 0 Å². The van der Waals surface area contributed by atoms with Gasteiger partial charge < -0.3 is 9.80 Å². The summed E-state index contributed by atoms with van der Waals surface area (Å²) < 4.78 is 0. The van der Waals surface area contributed by atoms with Crippen LogP contribution < -0.4 is 0 Å². The molecule has 3 nitrogen and oxygen atoms in total. The summed E-state index contributed by atoms with van der Waals surface area (Å²) >= 11 is 0.